The first-order valence-electron chi connectivity index (χ1n) is 8.76. The van der Waals surface area contributed by atoms with Crippen LogP contribution >= 0.6 is 0 Å². The number of amides is 1. The van der Waals surface area contributed by atoms with E-state index in [4.69, 9.17) is 0 Å². The van der Waals surface area contributed by atoms with Crippen LogP contribution in [0, 0.1) is 13.8 Å². The van der Waals surface area contributed by atoms with Gasteiger partial charge in [0.25, 0.3) is 0 Å². The van der Waals surface area contributed by atoms with Gasteiger partial charge in [-0.15, -0.1) is 0 Å². The molecule has 1 aromatic rings. The lowest BCUT2D eigenvalue weighted by atomic mass is 10.2. The molecule has 1 aromatic heterocycles. The van der Waals surface area contributed by atoms with Crippen LogP contribution < -0.4 is 5.32 Å². The van der Waals surface area contributed by atoms with Crippen LogP contribution in [0.1, 0.15) is 31.2 Å². The Labute approximate surface area is 149 Å². The van der Waals surface area contributed by atoms with Crippen molar-refractivity contribution in [2.24, 2.45) is 7.05 Å². The van der Waals surface area contributed by atoms with Crippen LogP contribution in [-0.4, -0.2) is 71.6 Å². The second-order valence-electron chi connectivity index (χ2n) is 7.02. The zero-order chi connectivity index (χ0) is 18.4. The fourth-order valence-electron chi connectivity index (χ4n) is 3.30. The highest BCUT2D eigenvalue weighted by atomic mass is 32.2. The van der Waals surface area contributed by atoms with Gasteiger partial charge in [0.15, 0.2) is 0 Å². The molecule has 1 N–H and O–H groups in total. The fraction of sp³-hybridized carbons (Fsp3) is 0.750. The third kappa shape index (κ3) is 3.58. The van der Waals surface area contributed by atoms with Crippen molar-refractivity contribution in [3.8, 4) is 0 Å². The van der Waals surface area contributed by atoms with E-state index in [2.05, 4.69) is 10.4 Å². The van der Waals surface area contributed by atoms with E-state index in [1.165, 1.54) is 4.31 Å². The van der Waals surface area contributed by atoms with Gasteiger partial charge in [0.1, 0.15) is 4.90 Å². The summed E-state index contributed by atoms with van der Waals surface area (Å²) in [5.74, 6) is 0.0396. The SMILES string of the molecule is Cc1nn(C)c(C)c1S(=O)(=O)N1CCN([C@H](C)C(=O)NC2CC2)CC1. The summed E-state index contributed by atoms with van der Waals surface area (Å²) in [4.78, 5) is 14.5. The van der Waals surface area contributed by atoms with Crippen LogP contribution in [0.3, 0.4) is 0 Å². The minimum atomic E-state index is -3.56. The molecule has 0 radical (unpaired) electrons. The Morgan fingerprint density at radius 3 is 2.28 bits per heavy atom. The third-order valence-electron chi connectivity index (χ3n) is 5.16. The van der Waals surface area contributed by atoms with Crippen molar-refractivity contribution in [1.82, 2.24) is 24.3 Å². The Morgan fingerprint density at radius 2 is 1.80 bits per heavy atom. The van der Waals surface area contributed by atoms with Gasteiger partial charge in [0.05, 0.1) is 17.4 Å². The molecule has 0 aromatic carbocycles. The molecule has 9 heteroatoms. The van der Waals surface area contributed by atoms with Gasteiger partial charge >= 0.3 is 0 Å². The minimum Gasteiger partial charge on any atom is -0.352 e. The van der Waals surface area contributed by atoms with E-state index in [-0.39, 0.29) is 11.9 Å². The van der Waals surface area contributed by atoms with Gasteiger partial charge in [-0.1, -0.05) is 0 Å². The van der Waals surface area contributed by atoms with E-state index in [0.29, 0.717) is 48.5 Å². The van der Waals surface area contributed by atoms with Gasteiger partial charge in [-0.25, -0.2) is 8.42 Å². The predicted octanol–water partition coefficient (Wildman–Crippen LogP) is 0.0103. The van der Waals surface area contributed by atoms with E-state index in [1.807, 2.05) is 11.8 Å². The van der Waals surface area contributed by atoms with Crippen LogP contribution in [0.25, 0.3) is 0 Å². The first kappa shape index (κ1) is 18.3. The largest absolute Gasteiger partial charge is 0.352 e. The van der Waals surface area contributed by atoms with Crippen molar-refractivity contribution in [3.63, 3.8) is 0 Å². The summed E-state index contributed by atoms with van der Waals surface area (Å²) in [6.07, 6.45) is 2.13. The van der Waals surface area contributed by atoms with Gasteiger partial charge in [0.2, 0.25) is 15.9 Å². The summed E-state index contributed by atoms with van der Waals surface area (Å²) in [6, 6.07) is 0.112. The summed E-state index contributed by atoms with van der Waals surface area (Å²) in [6.45, 7) is 7.26. The van der Waals surface area contributed by atoms with Gasteiger partial charge in [-0.3, -0.25) is 14.4 Å². The van der Waals surface area contributed by atoms with Crippen molar-refractivity contribution >= 4 is 15.9 Å². The van der Waals surface area contributed by atoms with Crippen molar-refractivity contribution in [2.45, 2.75) is 50.6 Å². The summed E-state index contributed by atoms with van der Waals surface area (Å²) < 4.78 is 29.1. The normalized spacial score (nSPS) is 21.3. The summed E-state index contributed by atoms with van der Waals surface area (Å²) in [5, 5.41) is 7.23. The number of hydrogen-bond donors (Lipinski definition) is 1. The highest BCUT2D eigenvalue weighted by Crippen LogP contribution is 2.24. The first-order chi connectivity index (χ1) is 11.7. The first-order valence-corrected chi connectivity index (χ1v) is 10.2. The number of nitrogens with one attached hydrogen (secondary N) is 1. The molecule has 3 rings (SSSR count). The monoisotopic (exact) mass is 369 g/mol. The van der Waals surface area contributed by atoms with E-state index >= 15 is 0 Å². The van der Waals surface area contributed by atoms with Crippen LogP contribution in [0.15, 0.2) is 4.90 Å². The number of carbonyl (C=O) groups excluding carboxylic acids is 1. The third-order valence-corrected chi connectivity index (χ3v) is 7.32. The molecule has 0 spiro atoms. The molecule has 1 aliphatic carbocycles. The second kappa shape index (κ2) is 6.69. The number of piperazine rings is 1. The smallest absolute Gasteiger partial charge is 0.246 e. The Kier molecular flexibility index (Phi) is 4.91. The molecule has 2 fully saturated rings. The van der Waals surface area contributed by atoms with Gasteiger partial charge < -0.3 is 5.32 Å². The lowest BCUT2D eigenvalue weighted by Gasteiger charge is -2.36. The fourth-order valence-corrected chi connectivity index (χ4v) is 5.12. The van der Waals surface area contributed by atoms with E-state index < -0.39 is 10.0 Å². The molecule has 1 saturated heterocycles. The molecule has 1 saturated carbocycles. The maximum absolute atomic E-state index is 13.0. The van der Waals surface area contributed by atoms with Crippen molar-refractivity contribution < 1.29 is 13.2 Å². The van der Waals surface area contributed by atoms with Gasteiger partial charge in [-0.05, 0) is 33.6 Å². The number of sulfonamides is 1. The number of nitrogens with zero attached hydrogens (tertiary/aromatic N) is 4. The zero-order valence-corrected chi connectivity index (χ0v) is 16.1. The zero-order valence-electron chi connectivity index (χ0n) is 15.3. The number of carbonyl (C=O) groups is 1. The van der Waals surface area contributed by atoms with E-state index in [1.54, 1.807) is 25.6 Å². The molecule has 0 unspecified atom stereocenters. The van der Waals surface area contributed by atoms with E-state index in [0.717, 1.165) is 12.8 Å². The Balaban J connectivity index is 1.66. The quantitative estimate of drug-likeness (QED) is 0.790. The number of hydrogen-bond acceptors (Lipinski definition) is 5. The highest BCUT2D eigenvalue weighted by Gasteiger charge is 2.35. The van der Waals surface area contributed by atoms with Gasteiger partial charge in [0, 0.05) is 39.3 Å². The molecule has 0 bridgehead atoms. The number of rotatable bonds is 5. The van der Waals surface area contributed by atoms with Crippen LogP contribution in [0.5, 0.6) is 0 Å². The van der Waals surface area contributed by atoms with Crippen molar-refractivity contribution in [2.75, 3.05) is 26.2 Å². The highest BCUT2D eigenvalue weighted by molar-refractivity contribution is 7.89. The van der Waals surface area contributed by atoms with Crippen LogP contribution in [0.2, 0.25) is 0 Å². The average molecular weight is 369 g/mol. The summed E-state index contributed by atoms with van der Waals surface area (Å²) >= 11 is 0. The second-order valence-corrected chi connectivity index (χ2v) is 8.90. The van der Waals surface area contributed by atoms with E-state index in [9.17, 15) is 13.2 Å². The van der Waals surface area contributed by atoms with Crippen molar-refractivity contribution in [3.05, 3.63) is 11.4 Å². The minimum absolute atomic E-state index is 0.0396. The van der Waals surface area contributed by atoms with Gasteiger partial charge in [-0.2, -0.15) is 9.40 Å². The molecule has 1 aliphatic heterocycles. The van der Waals surface area contributed by atoms with Crippen LogP contribution in [-0.2, 0) is 21.9 Å². The standard InChI is InChI=1S/C16H27N5O3S/c1-11-15(12(2)19(4)18-11)25(23,24)21-9-7-20(8-10-21)13(3)16(22)17-14-5-6-14/h13-14H,5-10H2,1-4H3,(H,17,22)/t13-/m1/s1. The molecule has 1 amide bonds. The number of aromatic nitrogens is 2. The molecular weight excluding hydrogens is 342 g/mol. The molecule has 1 atom stereocenters. The summed E-state index contributed by atoms with van der Waals surface area (Å²) in [7, 11) is -1.81. The molecule has 140 valence electrons. The molecule has 8 nitrogen and oxygen atoms in total. The predicted molar refractivity (Wildman–Crippen MR) is 93.6 cm³/mol. The Bertz CT molecular complexity index is 761. The molecule has 25 heavy (non-hydrogen) atoms. The van der Waals surface area contributed by atoms with Crippen molar-refractivity contribution in [1.29, 1.82) is 0 Å². The summed E-state index contributed by atoms with van der Waals surface area (Å²) in [5.41, 5.74) is 1.18. The Hall–Kier alpha value is -1.45. The molecule has 2 aliphatic rings. The maximum Gasteiger partial charge on any atom is 0.246 e. The topological polar surface area (TPSA) is 87.5 Å². The molecular formula is C16H27N5O3S. The average Bonchev–Trinajstić information content (AvgIpc) is 3.33. The lowest BCUT2D eigenvalue weighted by Crippen LogP contribution is -2.55. The lowest BCUT2D eigenvalue weighted by molar-refractivity contribution is -0.126. The molecule has 2 heterocycles. The van der Waals surface area contributed by atoms with Crippen LogP contribution in [0.4, 0.5) is 0 Å². The maximum atomic E-state index is 13.0. The Morgan fingerprint density at radius 1 is 1.20 bits per heavy atom. The number of aryl methyl sites for hydroxylation is 2.